The van der Waals surface area contributed by atoms with Crippen molar-refractivity contribution in [1.29, 1.82) is 0 Å². The first-order valence-corrected chi connectivity index (χ1v) is 5.61. The van der Waals surface area contributed by atoms with Gasteiger partial charge in [0.05, 0.1) is 0 Å². The number of halogens is 2. The summed E-state index contributed by atoms with van der Waals surface area (Å²) in [7, 11) is 0. The topological polar surface area (TPSA) is 0 Å². The summed E-state index contributed by atoms with van der Waals surface area (Å²) in [5.41, 5.74) is 2.59. The van der Waals surface area contributed by atoms with E-state index in [1.165, 1.54) is 24.3 Å². The third kappa shape index (κ3) is 2.90. The van der Waals surface area contributed by atoms with Crippen LogP contribution in [-0.2, 0) is 6.42 Å². The summed E-state index contributed by atoms with van der Waals surface area (Å²) in [6.45, 7) is 1.96. The molecule has 0 radical (unpaired) electrons. The van der Waals surface area contributed by atoms with Crippen molar-refractivity contribution < 1.29 is 8.78 Å². The van der Waals surface area contributed by atoms with Crippen LogP contribution < -0.4 is 0 Å². The van der Waals surface area contributed by atoms with Crippen molar-refractivity contribution in [2.75, 3.05) is 0 Å². The van der Waals surface area contributed by atoms with E-state index in [2.05, 4.69) is 0 Å². The van der Waals surface area contributed by atoms with Crippen molar-refractivity contribution in [2.24, 2.45) is 0 Å². The zero-order valence-corrected chi connectivity index (χ0v) is 9.66. The van der Waals surface area contributed by atoms with E-state index in [9.17, 15) is 8.78 Å². The quantitative estimate of drug-likeness (QED) is 0.736. The summed E-state index contributed by atoms with van der Waals surface area (Å²) in [5.74, 6) is -0.336. The molecule has 88 valence electrons. The molecule has 2 heteroatoms. The lowest BCUT2D eigenvalue weighted by Crippen LogP contribution is -1.98. The van der Waals surface area contributed by atoms with E-state index in [4.69, 9.17) is 0 Å². The molecule has 0 amide bonds. The van der Waals surface area contributed by atoms with Crippen LogP contribution in [0.5, 0.6) is 0 Å². The van der Waals surface area contributed by atoms with Gasteiger partial charge in [0.2, 0.25) is 0 Å². The van der Waals surface area contributed by atoms with E-state index in [1.54, 1.807) is 0 Å². The molecule has 0 nitrogen and oxygen atoms in total. The molecule has 0 aromatic heterocycles. The van der Waals surface area contributed by atoms with Gasteiger partial charge >= 0.3 is 0 Å². The lowest BCUT2D eigenvalue weighted by molar-refractivity contribution is 0.341. The number of aryl methyl sites for hydroxylation is 1. The van der Waals surface area contributed by atoms with Gasteiger partial charge in [-0.2, -0.15) is 0 Å². The molecule has 2 rings (SSSR count). The molecule has 0 saturated carbocycles. The lowest BCUT2D eigenvalue weighted by atomic mass is 9.99. The lowest BCUT2D eigenvalue weighted by Gasteiger charge is -2.10. The Bertz CT molecular complexity index is 489. The summed E-state index contributed by atoms with van der Waals surface area (Å²) in [6, 6.07) is 13.3. The van der Waals surface area contributed by atoms with Gasteiger partial charge in [0.15, 0.2) is 0 Å². The first-order valence-electron chi connectivity index (χ1n) is 5.61. The molecule has 0 aliphatic rings. The Hall–Kier alpha value is -1.70. The van der Waals surface area contributed by atoms with Crippen molar-refractivity contribution in [3.05, 3.63) is 71.0 Å². The van der Waals surface area contributed by atoms with Crippen molar-refractivity contribution in [1.82, 2.24) is 0 Å². The highest BCUT2D eigenvalue weighted by molar-refractivity contribution is 5.28. The van der Waals surface area contributed by atoms with Crippen LogP contribution in [-0.4, -0.2) is 0 Å². The van der Waals surface area contributed by atoms with Crippen molar-refractivity contribution >= 4 is 0 Å². The Morgan fingerprint density at radius 3 is 2.29 bits per heavy atom. The Kier molecular flexibility index (Phi) is 3.52. The van der Waals surface area contributed by atoms with Crippen LogP contribution in [0.25, 0.3) is 0 Å². The predicted octanol–water partition coefficient (Wildman–Crippen LogP) is 4.39. The zero-order chi connectivity index (χ0) is 12.3. The monoisotopic (exact) mass is 232 g/mol. The number of rotatable bonds is 3. The maximum atomic E-state index is 14.0. The molecule has 0 bridgehead atoms. The fraction of sp³-hybridized carbons (Fsp3) is 0.200. The Balaban J connectivity index is 2.14. The van der Waals surface area contributed by atoms with Gasteiger partial charge in [-0.05, 0) is 35.7 Å². The molecule has 1 atom stereocenters. The molecule has 0 heterocycles. The third-order valence-electron chi connectivity index (χ3n) is 2.89. The van der Waals surface area contributed by atoms with Crippen molar-refractivity contribution in [3.63, 3.8) is 0 Å². The van der Waals surface area contributed by atoms with E-state index in [0.717, 1.165) is 11.1 Å². The molecule has 0 fully saturated rings. The Morgan fingerprint density at radius 2 is 1.65 bits per heavy atom. The van der Waals surface area contributed by atoms with E-state index >= 15 is 0 Å². The molecule has 2 aromatic rings. The minimum absolute atomic E-state index is 0.332. The van der Waals surface area contributed by atoms with E-state index in [0.29, 0.717) is 12.0 Å². The summed E-state index contributed by atoms with van der Waals surface area (Å²) >= 11 is 0. The second-order valence-corrected chi connectivity index (χ2v) is 4.15. The molecular weight excluding hydrogens is 218 g/mol. The number of alkyl halides is 1. The average molecular weight is 232 g/mol. The van der Waals surface area contributed by atoms with Crippen LogP contribution in [0, 0.1) is 12.7 Å². The van der Waals surface area contributed by atoms with Gasteiger partial charge in [-0.15, -0.1) is 0 Å². The fourth-order valence-electron chi connectivity index (χ4n) is 1.82. The van der Waals surface area contributed by atoms with Gasteiger partial charge in [0.25, 0.3) is 0 Å². The van der Waals surface area contributed by atoms with Crippen LogP contribution in [0.15, 0.2) is 48.5 Å². The molecule has 1 unspecified atom stereocenters. The zero-order valence-electron chi connectivity index (χ0n) is 9.66. The second-order valence-electron chi connectivity index (χ2n) is 4.15. The number of hydrogen-bond donors (Lipinski definition) is 0. The second kappa shape index (κ2) is 5.09. The van der Waals surface area contributed by atoms with Crippen LogP contribution in [0.1, 0.15) is 22.9 Å². The van der Waals surface area contributed by atoms with Crippen LogP contribution in [0.3, 0.4) is 0 Å². The highest BCUT2D eigenvalue weighted by Crippen LogP contribution is 2.23. The maximum Gasteiger partial charge on any atom is 0.129 e. The molecule has 17 heavy (non-hydrogen) atoms. The highest BCUT2D eigenvalue weighted by atomic mass is 19.1. The van der Waals surface area contributed by atoms with Crippen molar-refractivity contribution in [3.8, 4) is 0 Å². The number of benzene rings is 2. The van der Waals surface area contributed by atoms with Crippen molar-refractivity contribution in [2.45, 2.75) is 19.5 Å². The molecule has 0 spiro atoms. The largest absolute Gasteiger partial charge is 0.242 e. The van der Waals surface area contributed by atoms with Crippen LogP contribution >= 0.6 is 0 Å². The minimum atomic E-state index is -1.09. The molecule has 0 aliphatic carbocycles. The number of hydrogen-bond acceptors (Lipinski definition) is 0. The summed E-state index contributed by atoms with van der Waals surface area (Å²) in [5, 5.41) is 0. The third-order valence-corrected chi connectivity index (χ3v) is 2.89. The maximum absolute atomic E-state index is 14.0. The Morgan fingerprint density at radius 1 is 1.00 bits per heavy atom. The molecule has 0 N–H and O–H groups in total. The predicted molar refractivity (Wildman–Crippen MR) is 65.1 cm³/mol. The van der Waals surface area contributed by atoms with Gasteiger partial charge in [0.1, 0.15) is 12.0 Å². The summed E-state index contributed by atoms with van der Waals surface area (Å²) in [6.07, 6.45) is -0.755. The standard InChI is InChI=1S/C15H14F2/c1-11-4-2-3-5-13(11)10-15(17)12-6-8-14(16)9-7-12/h2-9,15H,10H2,1H3. The van der Waals surface area contributed by atoms with Gasteiger partial charge in [0, 0.05) is 6.42 Å². The molecule has 0 saturated heterocycles. The SMILES string of the molecule is Cc1ccccc1CC(F)c1ccc(F)cc1. The smallest absolute Gasteiger partial charge is 0.129 e. The molecular formula is C15H14F2. The summed E-state index contributed by atoms with van der Waals surface area (Å²) in [4.78, 5) is 0. The van der Waals surface area contributed by atoms with Gasteiger partial charge < -0.3 is 0 Å². The van der Waals surface area contributed by atoms with E-state index < -0.39 is 6.17 Å². The van der Waals surface area contributed by atoms with Crippen LogP contribution in [0.4, 0.5) is 8.78 Å². The van der Waals surface area contributed by atoms with Gasteiger partial charge in [-0.25, -0.2) is 8.78 Å². The van der Waals surface area contributed by atoms with Gasteiger partial charge in [-0.3, -0.25) is 0 Å². The Labute approximate surface area is 99.9 Å². The first kappa shape index (κ1) is 11.8. The first-order chi connectivity index (χ1) is 8.16. The normalized spacial score (nSPS) is 12.4. The average Bonchev–Trinajstić information content (AvgIpc) is 2.33. The van der Waals surface area contributed by atoms with Gasteiger partial charge in [-0.1, -0.05) is 36.4 Å². The van der Waals surface area contributed by atoms with Crippen LogP contribution in [0.2, 0.25) is 0 Å². The van der Waals surface area contributed by atoms with E-state index in [-0.39, 0.29) is 5.82 Å². The molecule has 0 aliphatic heterocycles. The highest BCUT2D eigenvalue weighted by Gasteiger charge is 2.11. The van der Waals surface area contributed by atoms with E-state index in [1.807, 2.05) is 31.2 Å². The fourth-order valence-corrected chi connectivity index (χ4v) is 1.82. The molecule has 2 aromatic carbocycles. The minimum Gasteiger partial charge on any atom is -0.242 e. The summed E-state index contributed by atoms with van der Waals surface area (Å²) < 4.78 is 26.7.